The number of nitrogens with zero attached hydrogens (tertiary/aromatic N) is 4. The van der Waals surface area contributed by atoms with Gasteiger partial charge in [-0.05, 0) is 48.0 Å². The van der Waals surface area contributed by atoms with Crippen molar-refractivity contribution in [2.75, 3.05) is 32.8 Å². The monoisotopic (exact) mass is 508 g/mol. The normalized spacial score (nSPS) is 11.5. The second-order valence-electron chi connectivity index (χ2n) is 7.64. The van der Waals surface area contributed by atoms with E-state index >= 15 is 0 Å². The summed E-state index contributed by atoms with van der Waals surface area (Å²) in [6.07, 6.45) is 3.00. The zero-order valence-corrected chi connectivity index (χ0v) is 20.1. The fraction of sp³-hybridized carbons (Fsp3) is 0.208. The highest BCUT2D eigenvalue weighted by Crippen LogP contribution is 2.41. The molecular weight excluding hydrogens is 483 g/mol. The van der Waals surface area contributed by atoms with Crippen LogP contribution in [0.5, 0.6) is 17.2 Å². The minimum absolute atomic E-state index is 0.0661. The molecule has 37 heavy (non-hydrogen) atoms. The van der Waals surface area contributed by atoms with Gasteiger partial charge in [0.05, 0.1) is 14.2 Å². The summed E-state index contributed by atoms with van der Waals surface area (Å²) in [6.45, 7) is -0.890. The van der Waals surface area contributed by atoms with E-state index < -0.39 is 18.4 Å². The number of nitrogen functional groups attached to an aromatic ring is 1. The molecule has 2 heterocycles. The van der Waals surface area contributed by atoms with Crippen molar-refractivity contribution in [3.63, 3.8) is 0 Å². The molecule has 4 aromatic rings. The third-order valence-corrected chi connectivity index (χ3v) is 5.29. The van der Waals surface area contributed by atoms with E-state index in [1.165, 1.54) is 26.6 Å². The van der Waals surface area contributed by atoms with E-state index in [1.54, 1.807) is 42.5 Å². The number of amidine groups is 1. The number of halogens is 1. The first-order chi connectivity index (χ1) is 17.9. The van der Waals surface area contributed by atoms with E-state index in [-0.39, 0.29) is 30.0 Å². The summed E-state index contributed by atoms with van der Waals surface area (Å²) in [5, 5.41) is 15.4. The summed E-state index contributed by atoms with van der Waals surface area (Å²) in [6, 6.07) is 11.1. The SMILES string of the molecule is COc1cc(C(Nc2ccc(C(=N)N)cc2)c2nn(-c3ncccn3)c(=O)[nH]2)cc(OCCF)c1OC. The maximum Gasteiger partial charge on any atom is 0.350 e. The molecule has 192 valence electrons. The third-order valence-electron chi connectivity index (χ3n) is 5.29. The Morgan fingerprint density at radius 3 is 2.49 bits per heavy atom. The number of aromatic nitrogens is 5. The van der Waals surface area contributed by atoms with E-state index in [2.05, 4.69) is 25.4 Å². The maximum atomic E-state index is 12.9. The number of aromatic amines is 1. The molecule has 0 bridgehead atoms. The predicted molar refractivity (Wildman–Crippen MR) is 134 cm³/mol. The van der Waals surface area contributed by atoms with Gasteiger partial charge in [0.2, 0.25) is 5.75 Å². The van der Waals surface area contributed by atoms with E-state index in [4.69, 9.17) is 25.4 Å². The van der Waals surface area contributed by atoms with Crippen LogP contribution in [0.4, 0.5) is 10.1 Å². The lowest BCUT2D eigenvalue weighted by atomic mass is 10.0. The molecule has 0 fully saturated rings. The Hall–Kier alpha value is -4.94. The number of nitrogens with two attached hydrogens (primary N) is 1. The van der Waals surface area contributed by atoms with Gasteiger partial charge in [-0.25, -0.2) is 19.2 Å². The Labute approximate surface area is 210 Å². The number of ether oxygens (including phenoxy) is 3. The molecule has 2 aromatic heterocycles. The average Bonchev–Trinajstić information content (AvgIpc) is 3.31. The van der Waals surface area contributed by atoms with Crippen molar-refractivity contribution in [3.8, 4) is 23.2 Å². The van der Waals surface area contributed by atoms with E-state index in [9.17, 15) is 9.18 Å². The van der Waals surface area contributed by atoms with Crippen LogP contribution in [0.2, 0.25) is 0 Å². The summed E-state index contributed by atoms with van der Waals surface area (Å²) in [5.41, 5.74) is 6.78. The fourth-order valence-electron chi connectivity index (χ4n) is 3.60. The van der Waals surface area contributed by atoms with Gasteiger partial charge in [0, 0.05) is 23.6 Å². The van der Waals surface area contributed by atoms with Gasteiger partial charge in [0.1, 0.15) is 25.2 Å². The van der Waals surface area contributed by atoms with Crippen molar-refractivity contribution in [1.29, 1.82) is 5.41 Å². The molecule has 0 saturated heterocycles. The van der Waals surface area contributed by atoms with Crippen LogP contribution in [0.3, 0.4) is 0 Å². The molecule has 0 saturated carbocycles. The minimum atomic E-state index is -0.742. The van der Waals surface area contributed by atoms with Crippen LogP contribution in [-0.2, 0) is 0 Å². The first-order valence-corrected chi connectivity index (χ1v) is 11.1. The van der Waals surface area contributed by atoms with Crippen LogP contribution in [0.25, 0.3) is 5.95 Å². The van der Waals surface area contributed by atoms with Gasteiger partial charge < -0.3 is 25.3 Å². The van der Waals surface area contributed by atoms with Crippen molar-refractivity contribution in [2.45, 2.75) is 6.04 Å². The summed E-state index contributed by atoms with van der Waals surface area (Å²) in [5.74, 6) is 1.14. The number of hydrogen-bond donors (Lipinski definition) is 4. The molecule has 12 nitrogen and oxygen atoms in total. The first kappa shape index (κ1) is 25.2. The Balaban J connectivity index is 1.83. The van der Waals surface area contributed by atoms with Crippen molar-refractivity contribution in [1.82, 2.24) is 24.7 Å². The first-order valence-electron chi connectivity index (χ1n) is 11.1. The molecule has 4 rings (SSSR count). The lowest BCUT2D eigenvalue weighted by Gasteiger charge is -2.21. The number of methoxy groups -OCH3 is 2. The summed E-state index contributed by atoms with van der Waals surface area (Å²) in [7, 11) is 2.91. The van der Waals surface area contributed by atoms with Crippen LogP contribution in [-0.4, -0.2) is 58.1 Å². The molecule has 2 aromatic carbocycles. The Morgan fingerprint density at radius 2 is 1.86 bits per heavy atom. The zero-order chi connectivity index (χ0) is 26.4. The minimum Gasteiger partial charge on any atom is -0.493 e. The Bertz CT molecular complexity index is 1420. The van der Waals surface area contributed by atoms with Gasteiger partial charge in [-0.2, -0.15) is 0 Å². The Kier molecular flexibility index (Phi) is 7.62. The zero-order valence-electron chi connectivity index (χ0n) is 20.1. The topological polar surface area (TPSA) is 166 Å². The molecule has 0 radical (unpaired) electrons. The van der Waals surface area contributed by atoms with Gasteiger partial charge in [0.15, 0.2) is 17.3 Å². The van der Waals surface area contributed by atoms with Crippen LogP contribution in [0, 0.1) is 5.41 Å². The lowest BCUT2D eigenvalue weighted by molar-refractivity contribution is 0.254. The number of H-pyrrole nitrogens is 1. The van der Waals surface area contributed by atoms with Gasteiger partial charge in [-0.1, -0.05) is 0 Å². The standard InChI is InChI=1S/C24H25FN8O4/c1-35-17-12-15(13-18(20(17)36-2)37-11-8-25)19(30-16-6-4-14(5-7-16)21(26)27)22-31-24(34)33(32-22)23-28-9-3-10-29-23/h3-7,9-10,12-13,19,30H,8,11H2,1-2H3,(H3,26,27)(H,31,32,34). The van der Waals surface area contributed by atoms with Gasteiger partial charge in [-0.15, -0.1) is 9.78 Å². The number of anilines is 1. The predicted octanol–water partition coefficient (Wildman–Crippen LogP) is 2.20. The number of alkyl halides is 1. The van der Waals surface area contributed by atoms with Crippen LogP contribution < -0.4 is 31.0 Å². The third kappa shape index (κ3) is 5.50. The molecule has 0 amide bonds. The highest BCUT2D eigenvalue weighted by Gasteiger charge is 2.25. The highest BCUT2D eigenvalue weighted by molar-refractivity contribution is 5.95. The van der Waals surface area contributed by atoms with Gasteiger partial charge in [-0.3, -0.25) is 10.4 Å². The van der Waals surface area contributed by atoms with Crippen molar-refractivity contribution in [2.24, 2.45) is 5.73 Å². The molecule has 0 aliphatic carbocycles. The fourth-order valence-corrected chi connectivity index (χ4v) is 3.60. The number of hydrogen-bond acceptors (Lipinski definition) is 9. The molecule has 0 aliphatic heterocycles. The molecule has 0 spiro atoms. The van der Waals surface area contributed by atoms with Crippen LogP contribution in [0.1, 0.15) is 23.0 Å². The van der Waals surface area contributed by atoms with Crippen molar-refractivity contribution < 1.29 is 18.6 Å². The summed E-state index contributed by atoms with van der Waals surface area (Å²) in [4.78, 5) is 23.7. The highest BCUT2D eigenvalue weighted by atomic mass is 19.1. The average molecular weight is 509 g/mol. The quantitative estimate of drug-likeness (QED) is 0.175. The van der Waals surface area contributed by atoms with Gasteiger partial charge >= 0.3 is 5.69 Å². The van der Waals surface area contributed by atoms with E-state index in [0.29, 0.717) is 28.3 Å². The smallest absolute Gasteiger partial charge is 0.350 e. The molecule has 1 unspecified atom stereocenters. The molecule has 0 aliphatic rings. The molecular formula is C24H25FN8O4. The van der Waals surface area contributed by atoms with Gasteiger partial charge in [0.25, 0.3) is 5.95 Å². The van der Waals surface area contributed by atoms with Crippen LogP contribution >= 0.6 is 0 Å². The van der Waals surface area contributed by atoms with Crippen molar-refractivity contribution >= 4 is 11.5 Å². The second kappa shape index (κ2) is 11.2. The molecule has 1 atom stereocenters. The largest absolute Gasteiger partial charge is 0.493 e. The molecule has 13 heteroatoms. The van der Waals surface area contributed by atoms with Crippen molar-refractivity contribution in [3.05, 3.63) is 82.3 Å². The molecule has 5 N–H and O–H groups in total. The Morgan fingerprint density at radius 1 is 1.16 bits per heavy atom. The maximum absolute atomic E-state index is 12.9. The number of rotatable bonds is 11. The van der Waals surface area contributed by atoms with Crippen LogP contribution in [0.15, 0.2) is 59.7 Å². The second-order valence-corrected chi connectivity index (χ2v) is 7.64. The summed E-state index contributed by atoms with van der Waals surface area (Å²) >= 11 is 0. The summed E-state index contributed by atoms with van der Waals surface area (Å²) < 4.78 is 30.4. The van der Waals surface area contributed by atoms with E-state index in [1.807, 2.05) is 0 Å². The number of benzene rings is 2. The lowest BCUT2D eigenvalue weighted by Crippen LogP contribution is -2.18. The number of nitrogens with one attached hydrogen (secondary N) is 3. The van der Waals surface area contributed by atoms with E-state index in [0.717, 1.165) is 4.68 Å².